The Morgan fingerprint density at radius 2 is 2.13 bits per heavy atom. The maximum absolute atomic E-state index is 12.8. The Hall–Kier alpha value is -2.79. The van der Waals surface area contributed by atoms with Crippen molar-refractivity contribution < 1.29 is 4.79 Å². The molecule has 31 heavy (non-hydrogen) atoms. The Morgan fingerprint density at radius 3 is 3.00 bits per heavy atom. The number of carbonyl (C=O) groups excluding carboxylic acids is 1. The average molecular weight is 415 g/mol. The zero-order valence-corrected chi connectivity index (χ0v) is 18.2. The van der Waals surface area contributed by atoms with Crippen molar-refractivity contribution in [3.63, 3.8) is 0 Å². The van der Waals surface area contributed by atoms with Gasteiger partial charge in [0.05, 0.1) is 0 Å². The SMILES string of the molecule is CN1C=C2C[C@@H]3[C@H](C[C@@H](CNC(=O)c4cc5ccccc5[nH]4)CN3C)C3C=CC=C1C23. The van der Waals surface area contributed by atoms with Crippen LogP contribution in [0.25, 0.3) is 10.9 Å². The molecule has 5 atom stereocenters. The number of aromatic nitrogens is 1. The van der Waals surface area contributed by atoms with Gasteiger partial charge >= 0.3 is 0 Å². The van der Waals surface area contributed by atoms with Gasteiger partial charge in [0, 0.05) is 54.9 Å². The van der Waals surface area contributed by atoms with Crippen molar-refractivity contribution >= 4 is 16.8 Å². The fraction of sp³-hybridized carbons (Fsp3) is 0.423. The van der Waals surface area contributed by atoms with Crippen LogP contribution in [0, 0.1) is 23.7 Å². The molecule has 5 heteroatoms. The summed E-state index contributed by atoms with van der Waals surface area (Å²) in [7, 11) is 4.45. The van der Waals surface area contributed by atoms with Crippen molar-refractivity contribution in [2.75, 3.05) is 27.2 Å². The van der Waals surface area contributed by atoms with Crippen molar-refractivity contribution in [3.8, 4) is 0 Å². The number of benzene rings is 1. The van der Waals surface area contributed by atoms with E-state index in [2.05, 4.69) is 58.6 Å². The molecule has 0 bridgehead atoms. The normalized spacial score (nSPS) is 31.8. The quantitative estimate of drug-likeness (QED) is 0.804. The fourth-order valence-corrected chi connectivity index (χ4v) is 6.57. The predicted molar refractivity (Wildman–Crippen MR) is 123 cm³/mol. The molecule has 5 nitrogen and oxygen atoms in total. The van der Waals surface area contributed by atoms with Gasteiger partial charge in [-0.15, -0.1) is 0 Å². The van der Waals surface area contributed by atoms with Crippen molar-refractivity contribution in [2.24, 2.45) is 23.7 Å². The lowest BCUT2D eigenvalue weighted by molar-refractivity contribution is 0.0298. The number of rotatable bonds is 3. The van der Waals surface area contributed by atoms with E-state index < -0.39 is 0 Å². The van der Waals surface area contributed by atoms with E-state index in [4.69, 9.17) is 0 Å². The number of H-pyrrole nitrogens is 1. The highest BCUT2D eigenvalue weighted by Crippen LogP contribution is 2.52. The summed E-state index contributed by atoms with van der Waals surface area (Å²) in [4.78, 5) is 20.9. The number of fused-ring (bicyclic) bond motifs is 3. The maximum atomic E-state index is 12.8. The number of nitrogens with one attached hydrogen (secondary N) is 2. The van der Waals surface area contributed by atoms with Gasteiger partial charge in [0.1, 0.15) is 5.69 Å². The highest BCUT2D eigenvalue weighted by atomic mass is 16.1. The number of amides is 1. The molecule has 3 heterocycles. The smallest absolute Gasteiger partial charge is 0.267 e. The van der Waals surface area contributed by atoms with E-state index in [0.717, 1.165) is 24.0 Å². The summed E-state index contributed by atoms with van der Waals surface area (Å²) in [5.41, 5.74) is 4.71. The topological polar surface area (TPSA) is 51.4 Å². The highest BCUT2D eigenvalue weighted by Gasteiger charge is 2.49. The van der Waals surface area contributed by atoms with Gasteiger partial charge in [-0.1, -0.05) is 30.4 Å². The number of carbonyl (C=O) groups is 1. The first kappa shape index (κ1) is 18.9. The summed E-state index contributed by atoms with van der Waals surface area (Å²) < 4.78 is 0. The zero-order valence-electron chi connectivity index (χ0n) is 18.2. The lowest BCUT2D eigenvalue weighted by Gasteiger charge is -2.51. The average Bonchev–Trinajstić information content (AvgIpc) is 3.35. The van der Waals surface area contributed by atoms with Gasteiger partial charge in [0.25, 0.3) is 5.91 Å². The molecule has 2 unspecified atom stereocenters. The monoisotopic (exact) mass is 414 g/mol. The van der Waals surface area contributed by atoms with Gasteiger partial charge in [0.2, 0.25) is 0 Å². The number of likely N-dealkylation sites (tertiary alicyclic amines) is 1. The maximum Gasteiger partial charge on any atom is 0.267 e. The molecule has 1 aromatic carbocycles. The van der Waals surface area contributed by atoms with Gasteiger partial charge in [-0.25, -0.2) is 0 Å². The third-order valence-electron chi connectivity index (χ3n) is 7.95. The molecular formula is C26H30N4O. The summed E-state index contributed by atoms with van der Waals surface area (Å²) in [6.45, 7) is 1.77. The Labute approximate surface area is 183 Å². The van der Waals surface area contributed by atoms with Crippen molar-refractivity contribution in [1.82, 2.24) is 20.1 Å². The van der Waals surface area contributed by atoms with Crippen LogP contribution >= 0.6 is 0 Å². The van der Waals surface area contributed by atoms with Crippen LogP contribution in [0.3, 0.4) is 0 Å². The fourth-order valence-electron chi connectivity index (χ4n) is 6.57. The Bertz CT molecular complexity index is 1090. The molecule has 0 spiro atoms. The largest absolute Gasteiger partial charge is 0.354 e. The molecule has 1 aromatic heterocycles. The number of hydrogen-bond donors (Lipinski definition) is 2. The lowest BCUT2D eigenvalue weighted by atomic mass is 9.61. The summed E-state index contributed by atoms with van der Waals surface area (Å²) in [6, 6.07) is 10.6. The summed E-state index contributed by atoms with van der Waals surface area (Å²) in [5.74, 6) is 2.25. The molecule has 1 amide bonds. The van der Waals surface area contributed by atoms with Crippen LogP contribution < -0.4 is 5.32 Å². The molecule has 2 aliphatic heterocycles. The molecule has 4 aliphatic rings. The van der Waals surface area contributed by atoms with Crippen LogP contribution in [0.5, 0.6) is 0 Å². The molecule has 2 aliphatic carbocycles. The van der Waals surface area contributed by atoms with Crippen molar-refractivity contribution in [3.05, 3.63) is 71.7 Å². The van der Waals surface area contributed by atoms with Gasteiger partial charge in [0.15, 0.2) is 0 Å². The summed E-state index contributed by atoms with van der Waals surface area (Å²) in [6.07, 6.45) is 11.7. The second kappa shape index (κ2) is 7.13. The second-order valence-corrected chi connectivity index (χ2v) is 9.80. The van der Waals surface area contributed by atoms with Gasteiger partial charge in [-0.05, 0) is 61.4 Å². The van der Waals surface area contributed by atoms with Crippen LogP contribution in [0.2, 0.25) is 0 Å². The van der Waals surface area contributed by atoms with Crippen LogP contribution in [-0.2, 0) is 0 Å². The first-order valence-corrected chi connectivity index (χ1v) is 11.5. The van der Waals surface area contributed by atoms with E-state index in [1.807, 2.05) is 30.3 Å². The van der Waals surface area contributed by atoms with E-state index in [-0.39, 0.29) is 5.91 Å². The van der Waals surface area contributed by atoms with Crippen LogP contribution in [0.1, 0.15) is 23.3 Å². The third kappa shape index (κ3) is 3.06. The van der Waals surface area contributed by atoms with Gasteiger partial charge in [-0.2, -0.15) is 0 Å². The number of piperidine rings is 1. The number of aromatic amines is 1. The minimum Gasteiger partial charge on any atom is -0.354 e. The molecule has 1 saturated carbocycles. The molecule has 160 valence electrons. The van der Waals surface area contributed by atoms with Crippen LogP contribution in [0.15, 0.2) is 66.0 Å². The molecule has 2 fully saturated rings. The van der Waals surface area contributed by atoms with E-state index in [1.54, 1.807) is 5.57 Å². The molecule has 0 radical (unpaired) electrons. The third-order valence-corrected chi connectivity index (χ3v) is 7.95. The summed E-state index contributed by atoms with van der Waals surface area (Å²) >= 11 is 0. The Balaban J connectivity index is 1.16. The minimum absolute atomic E-state index is 0.00459. The molecular weight excluding hydrogens is 384 g/mol. The number of para-hydroxylation sites is 1. The van der Waals surface area contributed by atoms with Crippen molar-refractivity contribution in [2.45, 2.75) is 18.9 Å². The van der Waals surface area contributed by atoms with E-state index >= 15 is 0 Å². The van der Waals surface area contributed by atoms with E-state index in [9.17, 15) is 4.79 Å². The Kier molecular flexibility index (Phi) is 4.35. The molecule has 2 aromatic rings. The zero-order chi connectivity index (χ0) is 21.1. The molecule has 1 saturated heterocycles. The first-order chi connectivity index (χ1) is 15.1. The van der Waals surface area contributed by atoms with Crippen LogP contribution in [-0.4, -0.2) is 53.9 Å². The molecule has 2 N–H and O–H groups in total. The van der Waals surface area contributed by atoms with E-state index in [1.165, 1.54) is 18.5 Å². The minimum atomic E-state index is -0.00459. The van der Waals surface area contributed by atoms with Gasteiger partial charge in [-0.3, -0.25) is 4.79 Å². The van der Waals surface area contributed by atoms with Gasteiger partial charge < -0.3 is 20.1 Å². The second-order valence-electron chi connectivity index (χ2n) is 9.80. The summed E-state index contributed by atoms with van der Waals surface area (Å²) in [5, 5.41) is 4.29. The molecule has 6 rings (SSSR count). The Morgan fingerprint density at radius 1 is 1.26 bits per heavy atom. The number of allylic oxidation sites excluding steroid dienone is 4. The number of hydrogen-bond acceptors (Lipinski definition) is 3. The van der Waals surface area contributed by atoms with E-state index in [0.29, 0.717) is 35.4 Å². The predicted octanol–water partition coefficient (Wildman–Crippen LogP) is 3.75. The van der Waals surface area contributed by atoms with Crippen LogP contribution in [0.4, 0.5) is 0 Å². The number of nitrogens with zero attached hydrogens (tertiary/aromatic N) is 2. The first-order valence-electron chi connectivity index (χ1n) is 11.5. The van der Waals surface area contributed by atoms with Crippen molar-refractivity contribution in [1.29, 1.82) is 0 Å². The highest BCUT2D eigenvalue weighted by molar-refractivity contribution is 5.97. The standard InChI is InChI=1S/C26H30N4O/c1-29-14-16(13-27-26(31)22-11-17-6-3-4-8-21(17)28-22)10-20-19-7-5-9-23-25(19)18(12-24(20)29)15-30(23)2/h3-9,11,15-16,19-20,24-25,28H,10,12-14H2,1-2H3,(H,27,31)/t16-,19?,20+,24+,25?/m0/s1. The lowest BCUT2D eigenvalue weighted by Crippen LogP contribution is -2.54.